The molecule has 2 heterocycles. The molecule has 1 aliphatic heterocycles. The number of benzene rings is 1. The quantitative estimate of drug-likeness (QED) is 0.809. The Kier molecular flexibility index (Phi) is 2.98. The van der Waals surface area contributed by atoms with Crippen LogP contribution >= 0.6 is 0 Å². The number of nitrogens with zero attached hydrogens (tertiary/aromatic N) is 4. The number of hydrogen-bond donors (Lipinski definition) is 0. The van der Waals surface area contributed by atoms with E-state index in [1.165, 1.54) is 12.1 Å². The van der Waals surface area contributed by atoms with Crippen LogP contribution in [0.4, 0.5) is 4.39 Å². The molecule has 5 nitrogen and oxygen atoms in total. The molecule has 1 amide bonds. The lowest BCUT2D eigenvalue weighted by Crippen LogP contribution is -2.39. The topological polar surface area (TPSA) is 51.0 Å². The summed E-state index contributed by atoms with van der Waals surface area (Å²) in [7, 11) is 0. The normalized spacial score (nSPS) is 14.3. The minimum Gasteiger partial charge on any atom is -0.333 e. The Morgan fingerprint density at radius 1 is 1.26 bits per heavy atom. The molecule has 1 aromatic carbocycles. The van der Waals surface area contributed by atoms with Gasteiger partial charge in [-0.25, -0.2) is 4.39 Å². The van der Waals surface area contributed by atoms with Gasteiger partial charge in [-0.1, -0.05) is 12.1 Å². The number of carbonyl (C=O) groups is 1. The van der Waals surface area contributed by atoms with Crippen LogP contribution in [0.15, 0.2) is 30.6 Å². The van der Waals surface area contributed by atoms with Crippen molar-refractivity contribution in [2.45, 2.75) is 19.5 Å². The van der Waals surface area contributed by atoms with Crippen molar-refractivity contribution in [2.75, 3.05) is 6.54 Å². The SMILES string of the molecule is O=C(Cc1ccc(F)cc1)N1CCn2cnnc2C1. The van der Waals surface area contributed by atoms with Gasteiger partial charge < -0.3 is 9.47 Å². The van der Waals surface area contributed by atoms with Gasteiger partial charge in [0.2, 0.25) is 5.91 Å². The van der Waals surface area contributed by atoms with Crippen molar-refractivity contribution in [2.24, 2.45) is 0 Å². The highest BCUT2D eigenvalue weighted by atomic mass is 19.1. The first-order valence-electron chi connectivity index (χ1n) is 6.11. The molecule has 0 aliphatic carbocycles. The van der Waals surface area contributed by atoms with E-state index < -0.39 is 0 Å². The van der Waals surface area contributed by atoms with E-state index in [2.05, 4.69) is 10.2 Å². The van der Waals surface area contributed by atoms with Gasteiger partial charge in [-0.3, -0.25) is 4.79 Å². The second-order valence-corrected chi connectivity index (χ2v) is 4.56. The Labute approximate surface area is 109 Å². The van der Waals surface area contributed by atoms with Crippen LogP contribution in [0.25, 0.3) is 0 Å². The Bertz CT molecular complexity index is 593. The van der Waals surface area contributed by atoms with Crippen molar-refractivity contribution in [1.29, 1.82) is 0 Å². The lowest BCUT2D eigenvalue weighted by atomic mass is 10.1. The van der Waals surface area contributed by atoms with E-state index in [9.17, 15) is 9.18 Å². The van der Waals surface area contributed by atoms with Crippen molar-refractivity contribution in [3.63, 3.8) is 0 Å². The summed E-state index contributed by atoms with van der Waals surface area (Å²) in [6.45, 7) is 1.86. The largest absolute Gasteiger partial charge is 0.333 e. The van der Waals surface area contributed by atoms with Crippen molar-refractivity contribution >= 4 is 5.91 Å². The molecule has 0 saturated heterocycles. The zero-order valence-electron chi connectivity index (χ0n) is 10.3. The van der Waals surface area contributed by atoms with Crippen molar-refractivity contribution in [3.05, 3.63) is 47.8 Å². The van der Waals surface area contributed by atoms with Crippen LogP contribution in [0.3, 0.4) is 0 Å². The molecule has 19 heavy (non-hydrogen) atoms. The number of hydrogen-bond acceptors (Lipinski definition) is 3. The Balaban J connectivity index is 1.67. The Hall–Kier alpha value is -2.24. The second kappa shape index (κ2) is 4.79. The van der Waals surface area contributed by atoms with Gasteiger partial charge in [0.1, 0.15) is 12.1 Å². The summed E-state index contributed by atoms with van der Waals surface area (Å²) < 4.78 is 14.7. The lowest BCUT2D eigenvalue weighted by Gasteiger charge is -2.27. The molecule has 0 fully saturated rings. The average Bonchev–Trinajstić information content (AvgIpc) is 2.88. The highest BCUT2D eigenvalue weighted by molar-refractivity contribution is 5.78. The molecule has 98 valence electrons. The summed E-state index contributed by atoms with van der Waals surface area (Å²) in [6, 6.07) is 6.02. The maximum Gasteiger partial charge on any atom is 0.227 e. The molecular formula is C13H13FN4O. The molecule has 3 rings (SSSR count). The molecule has 1 aromatic heterocycles. The number of halogens is 1. The molecule has 6 heteroatoms. The van der Waals surface area contributed by atoms with E-state index in [1.807, 2.05) is 4.57 Å². The molecule has 0 saturated carbocycles. The summed E-state index contributed by atoms with van der Waals surface area (Å²) in [6.07, 6.45) is 1.96. The van der Waals surface area contributed by atoms with Gasteiger partial charge in [-0.05, 0) is 17.7 Å². The fraction of sp³-hybridized carbons (Fsp3) is 0.308. The molecule has 0 radical (unpaired) electrons. The standard InChI is InChI=1S/C13H13FN4O/c14-11-3-1-10(2-4-11)7-13(19)17-5-6-18-9-15-16-12(18)8-17/h1-4,9H,5-8H2. The minimum atomic E-state index is -0.290. The third kappa shape index (κ3) is 2.47. The predicted octanol–water partition coefficient (Wildman–Crippen LogP) is 1.00. The number of amides is 1. The van der Waals surface area contributed by atoms with E-state index in [-0.39, 0.29) is 18.1 Å². The van der Waals surface area contributed by atoms with Gasteiger partial charge in [-0.2, -0.15) is 0 Å². The summed E-state index contributed by atoms with van der Waals surface area (Å²) in [4.78, 5) is 13.9. The van der Waals surface area contributed by atoms with E-state index in [0.29, 0.717) is 13.1 Å². The van der Waals surface area contributed by atoms with Crippen LogP contribution in [0.5, 0.6) is 0 Å². The van der Waals surface area contributed by atoms with Crippen LogP contribution in [0, 0.1) is 5.82 Å². The molecule has 0 unspecified atom stereocenters. The van der Waals surface area contributed by atoms with Crippen molar-refractivity contribution < 1.29 is 9.18 Å². The smallest absolute Gasteiger partial charge is 0.227 e. The second-order valence-electron chi connectivity index (χ2n) is 4.56. The molecule has 1 aliphatic rings. The van der Waals surface area contributed by atoms with Gasteiger partial charge in [-0.15, -0.1) is 10.2 Å². The zero-order chi connectivity index (χ0) is 13.2. The number of aromatic nitrogens is 3. The van der Waals surface area contributed by atoms with Crippen molar-refractivity contribution in [1.82, 2.24) is 19.7 Å². The van der Waals surface area contributed by atoms with Gasteiger partial charge in [0, 0.05) is 13.1 Å². The third-order valence-electron chi connectivity index (χ3n) is 3.26. The van der Waals surface area contributed by atoms with Crippen LogP contribution in [-0.4, -0.2) is 32.1 Å². The Morgan fingerprint density at radius 3 is 2.84 bits per heavy atom. The minimum absolute atomic E-state index is 0.0286. The first-order chi connectivity index (χ1) is 9.22. The van der Waals surface area contributed by atoms with Crippen LogP contribution in [0.1, 0.15) is 11.4 Å². The van der Waals surface area contributed by atoms with E-state index in [4.69, 9.17) is 0 Å². The molecule has 0 spiro atoms. The third-order valence-corrected chi connectivity index (χ3v) is 3.26. The van der Waals surface area contributed by atoms with Gasteiger partial charge in [0.05, 0.1) is 13.0 Å². The van der Waals surface area contributed by atoms with Gasteiger partial charge in [0.15, 0.2) is 5.82 Å². The van der Waals surface area contributed by atoms with E-state index in [0.717, 1.165) is 17.9 Å². The lowest BCUT2D eigenvalue weighted by molar-refractivity contribution is -0.132. The first kappa shape index (κ1) is 11.8. The molecular weight excluding hydrogens is 247 g/mol. The Morgan fingerprint density at radius 2 is 2.05 bits per heavy atom. The average molecular weight is 260 g/mol. The maximum absolute atomic E-state index is 12.8. The summed E-state index contributed by atoms with van der Waals surface area (Å²) >= 11 is 0. The fourth-order valence-corrected chi connectivity index (χ4v) is 2.17. The molecule has 0 N–H and O–H groups in total. The number of rotatable bonds is 2. The van der Waals surface area contributed by atoms with E-state index in [1.54, 1.807) is 23.4 Å². The zero-order valence-corrected chi connectivity index (χ0v) is 10.3. The molecule has 0 atom stereocenters. The van der Waals surface area contributed by atoms with E-state index >= 15 is 0 Å². The van der Waals surface area contributed by atoms with Crippen LogP contribution < -0.4 is 0 Å². The molecule has 2 aromatic rings. The maximum atomic E-state index is 12.8. The summed E-state index contributed by atoms with van der Waals surface area (Å²) in [5, 5.41) is 7.80. The monoisotopic (exact) mass is 260 g/mol. The number of carbonyl (C=O) groups excluding carboxylic acids is 1. The first-order valence-corrected chi connectivity index (χ1v) is 6.11. The van der Waals surface area contributed by atoms with Gasteiger partial charge in [0.25, 0.3) is 0 Å². The summed E-state index contributed by atoms with van der Waals surface area (Å²) in [5.41, 5.74) is 0.818. The highest BCUT2D eigenvalue weighted by Gasteiger charge is 2.21. The fourth-order valence-electron chi connectivity index (χ4n) is 2.17. The van der Waals surface area contributed by atoms with Crippen LogP contribution in [-0.2, 0) is 24.3 Å². The van der Waals surface area contributed by atoms with Crippen LogP contribution in [0.2, 0.25) is 0 Å². The number of fused-ring (bicyclic) bond motifs is 1. The predicted molar refractivity (Wildman–Crippen MR) is 65.5 cm³/mol. The van der Waals surface area contributed by atoms with Crippen molar-refractivity contribution in [3.8, 4) is 0 Å². The molecule has 0 bridgehead atoms. The summed E-state index contributed by atoms with van der Waals surface area (Å²) in [5.74, 6) is 0.543. The van der Waals surface area contributed by atoms with Gasteiger partial charge >= 0.3 is 0 Å². The highest BCUT2D eigenvalue weighted by Crippen LogP contribution is 2.12.